The molecule has 0 saturated carbocycles. The monoisotopic (exact) mass is 992 g/mol. The Labute approximate surface area is 411 Å². The summed E-state index contributed by atoms with van der Waals surface area (Å²) in [5, 5.41) is 30.8. The minimum atomic E-state index is -1.09. The van der Waals surface area contributed by atoms with Crippen molar-refractivity contribution in [3.05, 3.63) is 151 Å². The first-order valence-electron chi connectivity index (χ1n) is 19.5. The zero-order chi connectivity index (χ0) is 45.5. The molecular formula is C46H56Cl4N14O3. The third-order valence-corrected chi connectivity index (χ3v) is 10.7. The molecule has 0 saturated heterocycles. The number of nitrogens with two attached hydrogens (primary N) is 3. The van der Waals surface area contributed by atoms with E-state index < -0.39 is 5.97 Å². The number of carbonyl (C=O) groups is 2. The highest BCUT2D eigenvalue weighted by atomic mass is 35.5. The van der Waals surface area contributed by atoms with Crippen molar-refractivity contribution in [2.45, 2.75) is 68.5 Å². The number of anilines is 2. The molecule has 8 aromatic rings. The van der Waals surface area contributed by atoms with Crippen LogP contribution in [0.15, 0.2) is 73.1 Å². The van der Waals surface area contributed by atoms with Crippen LogP contribution in [0.2, 0.25) is 10.0 Å². The average molecular weight is 995 g/mol. The molecule has 6 heterocycles. The van der Waals surface area contributed by atoms with Crippen LogP contribution >= 0.6 is 48.0 Å². The number of carboxylic acids is 1. The second-order valence-electron chi connectivity index (χ2n) is 14.8. The van der Waals surface area contributed by atoms with Gasteiger partial charge >= 0.3 is 5.97 Å². The van der Waals surface area contributed by atoms with E-state index in [9.17, 15) is 9.59 Å². The van der Waals surface area contributed by atoms with Crippen molar-refractivity contribution in [3.63, 3.8) is 0 Å². The molecule has 356 valence electrons. The number of carbonyl (C=O) groups excluding carboxylic acids is 1. The second kappa shape index (κ2) is 24.9. The third kappa shape index (κ3) is 14.0. The van der Waals surface area contributed by atoms with Crippen LogP contribution < -0.4 is 22.5 Å². The number of hydrogen-bond acceptors (Lipinski definition) is 13. The van der Waals surface area contributed by atoms with Gasteiger partial charge in [0.25, 0.3) is 5.91 Å². The predicted octanol–water partition coefficient (Wildman–Crippen LogP) is 8.29. The largest absolute Gasteiger partial charge is 0.475 e. The van der Waals surface area contributed by atoms with Gasteiger partial charge in [-0.05, 0) is 110 Å². The molecule has 0 radical (unpaired) electrons. The molecule has 0 aliphatic rings. The Morgan fingerprint density at radius 1 is 0.657 bits per heavy atom. The van der Waals surface area contributed by atoms with Crippen LogP contribution in [0.25, 0.3) is 21.8 Å². The van der Waals surface area contributed by atoms with Crippen LogP contribution in [0.4, 0.5) is 11.6 Å². The number of pyridine rings is 4. The van der Waals surface area contributed by atoms with Crippen LogP contribution in [0, 0.1) is 27.7 Å². The number of nitrogens with zero attached hydrogens (tertiary/aromatic N) is 10. The third-order valence-electron chi connectivity index (χ3n) is 10.3. The Bertz CT molecular complexity index is 2950. The van der Waals surface area contributed by atoms with Gasteiger partial charge in [0.1, 0.15) is 23.3 Å². The molecule has 0 spiro atoms. The molecule has 6 aromatic heterocycles. The van der Waals surface area contributed by atoms with Gasteiger partial charge in [-0.2, -0.15) is 0 Å². The Kier molecular flexibility index (Phi) is 21.0. The quantitative estimate of drug-likeness (QED) is 0.0912. The summed E-state index contributed by atoms with van der Waals surface area (Å²) in [5.41, 5.74) is 26.4. The standard InChI is InChI=1S/C22H22ClN7O.C14H11ClN4O2.C8H13N3.2CH4.2ClH/c1-12-6-19(24)27-13(2)17(12)11-26-22(31)21-29-28-20(30(21)3)8-14-4-5-18-15(7-14)9-16(23)10-25-18;1-19-12(17-18-13(19)14(20)21)5-8-2-3-11-9(4-8)6-10(15)7-16-11;1-5-3-8(10)11-6(2)7(5)4-9;;;;/h4-7,9-10H,8,11H2,1-3H3,(H2,24,27)(H,26,31);2-4,6-7H,5H2,1H3,(H,20,21);3H,4,9H2,1-2H3,(H2,10,11);2*1H4;2*1H. The van der Waals surface area contributed by atoms with Crippen molar-refractivity contribution in [3.8, 4) is 0 Å². The predicted molar refractivity (Wildman–Crippen MR) is 271 cm³/mol. The number of nitrogen functional groups attached to an aromatic ring is 2. The molecule has 0 unspecified atom stereocenters. The molecule has 17 nitrogen and oxygen atoms in total. The zero-order valence-electron chi connectivity index (χ0n) is 36.3. The van der Waals surface area contributed by atoms with Crippen LogP contribution in [-0.4, -0.2) is 66.4 Å². The number of nitrogens with one attached hydrogen (secondary N) is 1. The van der Waals surface area contributed by atoms with E-state index in [1.165, 1.54) is 4.57 Å². The maximum absolute atomic E-state index is 12.7. The van der Waals surface area contributed by atoms with Crippen molar-refractivity contribution in [1.82, 2.24) is 54.8 Å². The van der Waals surface area contributed by atoms with E-state index in [1.807, 2.05) is 82.3 Å². The second-order valence-corrected chi connectivity index (χ2v) is 15.6. The molecule has 0 aliphatic heterocycles. The fourth-order valence-corrected chi connectivity index (χ4v) is 7.24. The van der Waals surface area contributed by atoms with Crippen LogP contribution in [0.5, 0.6) is 0 Å². The van der Waals surface area contributed by atoms with Crippen molar-refractivity contribution in [2.24, 2.45) is 19.8 Å². The van der Waals surface area contributed by atoms with E-state index in [0.717, 1.165) is 66.6 Å². The van der Waals surface area contributed by atoms with E-state index in [4.69, 9.17) is 45.5 Å². The summed E-state index contributed by atoms with van der Waals surface area (Å²) in [6, 6.07) is 19.1. The summed E-state index contributed by atoms with van der Waals surface area (Å²) in [7, 11) is 3.42. The van der Waals surface area contributed by atoms with Gasteiger partial charge in [0, 0.05) is 74.6 Å². The van der Waals surface area contributed by atoms with Crippen molar-refractivity contribution >= 4 is 93.3 Å². The molecule has 0 bridgehead atoms. The highest BCUT2D eigenvalue weighted by Crippen LogP contribution is 2.22. The number of aromatic nitrogens is 10. The number of halogens is 4. The number of fused-ring (bicyclic) bond motifs is 2. The maximum Gasteiger partial charge on any atom is 0.374 e. The molecule has 1 amide bonds. The summed E-state index contributed by atoms with van der Waals surface area (Å²) in [4.78, 5) is 40.6. The van der Waals surface area contributed by atoms with Crippen LogP contribution in [-0.2, 0) is 40.0 Å². The van der Waals surface area contributed by atoms with Gasteiger partial charge in [-0.3, -0.25) is 14.8 Å². The lowest BCUT2D eigenvalue weighted by molar-refractivity contribution is 0.0678. The lowest BCUT2D eigenvalue weighted by atomic mass is 10.1. The Balaban J connectivity index is 0.000000372. The fourth-order valence-electron chi connectivity index (χ4n) is 6.91. The number of hydrogen-bond donors (Lipinski definition) is 5. The van der Waals surface area contributed by atoms with Crippen molar-refractivity contribution < 1.29 is 14.7 Å². The molecule has 0 aliphatic carbocycles. The lowest BCUT2D eigenvalue weighted by Gasteiger charge is -2.11. The molecule has 21 heteroatoms. The van der Waals surface area contributed by atoms with Crippen LogP contribution in [0.1, 0.15) is 92.5 Å². The molecule has 8 N–H and O–H groups in total. The summed E-state index contributed by atoms with van der Waals surface area (Å²) in [6.45, 7) is 8.60. The number of amides is 1. The van der Waals surface area contributed by atoms with Gasteiger partial charge in [-0.25, -0.2) is 14.8 Å². The summed E-state index contributed by atoms with van der Waals surface area (Å²) in [6.07, 6.45) is 4.24. The maximum atomic E-state index is 12.7. The number of aryl methyl sites for hydroxylation is 4. The smallest absolute Gasteiger partial charge is 0.374 e. The Hall–Kier alpha value is -6.50. The van der Waals surface area contributed by atoms with Gasteiger partial charge in [0.15, 0.2) is 0 Å². The molecular weight excluding hydrogens is 938 g/mol. The Morgan fingerprint density at radius 3 is 1.51 bits per heavy atom. The van der Waals surface area contributed by atoms with E-state index in [2.05, 4.69) is 45.6 Å². The van der Waals surface area contributed by atoms with E-state index in [0.29, 0.717) is 59.3 Å². The highest BCUT2D eigenvalue weighted by Gasteiger charge is 2.18. The van der Waals surface area contributed by atoms with Crippen LogP contribution in [0.3, 0.4) is 0 Å². The molecule has 0 atom stereocenters. The number of carboxylic acid groups (broad SMARTS) is 1. The molecule has 67 heavy (non-hydrogen) atoms. The summed E-state index contributed by atoms with van der Waals surface area (Å²) in [5.74, 6) is 1.08. The SMILES string of the molecule is C.C.Cc1cc(N)nc(C)c1CN.Cc1cc(N)nc(C)c1CNC(=O)c1nnc(Cc2ccc3ncc(Cl)cc3c2)n1C.Cl.Cl.Cn1c(Cc2ccc3ncc(Cl)cc3c2)nnc1C(=O)O. The van der Waals surface area contributed by atoms with Gasteiger partial charge in [-0.1, -0.05) is 50.2 Å². The van der Waals surface area contributed by atoms with Gasteiger partial charge in [-0.15, -0.1) is 45.2 Å². The lowest BCUT2D eigenvalue weighted by Crippen LogP contribution is -2.27. The minimum Gasteiger partial charge on any atom is -0.475 e. The van der Waals surface area contributed by atoms with Gasteiger partial charge in [0.2, 0.25) is 11.6 Å². The van der Waals surface area contributed by atoms with E-state index >= 15 is 0 Å². The fraction of sp³-hybridized carbons (Fsp3) is 0.261. The van der Waals surface area contributed by atoms with E-state index in [-0.39, 0.29) is 57.2 Å². The van der Waals surface area contributed by atoms with Gasteiger partial charge in [0.05, 0.1) is 21.1 Å². The summed E-state index contributed by atoms with van der Waals surface area (Å²) < 4.78 is 3.18. The van der Waals surface area contributed by atoms with E-state index in [1.54, 1.807) is 37.1 Å². The molecule has 2 aromatic carbocycles. The first kappa shape index (κ1) is 56.6. The zero-order valence-corrected chi connectivity index (χ0v) is 39.4. The normalized spacial score (nSPS) is 10.2. The average Bonchev–Trinajstić information content (AvgIpc) is 3.77. The highest BCUT2D eigenvalue weighted by molar-refractivity contribution is 6.31. The number of benzene rings is 2. The van der Waals surface area contributed by atoms with Crippen molar-refractivity contribution in [1.29, 1.82) is 0 Å². The molecule has 8 rings (SSSR count). The molecule has 0 fully saturated rings. The topological polar surface area (TPSA) is 257 Å². The number of rotatable bonds is 9. The number of aromatic carboxylic acids is 1. The minimum absolute atomic E-state index is 0. The first-order chi connectivity index (χ1) is 30.0. The first-order valence-corrected chi connectivity index (χ1v) is 20.3. The van der Waals surface area contributed by atoms with Gasteiger partial charge < -0.3 is 36.8 Å². The summed E-state index contributed by atoms with van der Waals surface area (Å²) >= 11 is 12.0. The Morgan fingerprint density at radius 2 is 1.09 bits per heavy atom. The van der Waals surface area contributed by atoms with Crippen molar-refractivity contribution in [2.75, 3.05) is 11.5 Å².